The molecule has 0 N–H and O–H groups in total. The van der Waals surface area contributed by atoms with Gasteiger partial charge in [-0.05, 0) is 38.8 Å². The molecular weight excluding hydrogens is 268 g/mol. The second-order valence-electron chi connectivity index (χ2n) is 5.79. The second-order valence-corrected chi connectivity index (χ2v) is 5.79. The molecule has 1 aliphatic heterocycles. The van der Waals surface area contributed by atoms with Crippen LogP contribution in [-0.2, 0) is 13.1 Å². The molecule has 0 aliphatic carbocycles. The van der Waals surface area contributed by atoms with Crippen molar-refractivity contribution >= 4 is 0 Å². The minimum absolute atomic E-state index is 0.0805. The zero-order valence-electron chi connectivity index (χ0n) is 12.2. The fourth-order valence-corrected chi connectivity index (χ4v) is 2.86. The van der Waals surface area contributed by atoms with Crippen molar-refractivity contribution < 1.29 is 4.52 Å². The van der Waals surface area contributed by atoms with E-state index in [4.69, 9.17) is 4.52 Å². The van der Waals surface area contributed by atoms with Gasteiger partial charge in [-0.25, -0.2) is 4.98 Å². The molecule has 0 aromatic carbocycles. The smallest absolute Gasteiger partial charge is 0.256 e. The molecule has 6 nitrogen and oxygen atoms in total. The molecule has 1 aliphatic rings. The van der Waals surface area contributed by atoms with Gasteiger partial charge in [-0.3, -0.25) is 14.3 Å². The lowest BCUT2D eigenvalue weighted by molar-refractivity contribution is 0.166. The number of likely N-dealkylation sites (tertiary alicyclic amines) is 1. The van der Waals surface area contributed by atoms with E-state index in [1.54, 1.807) is 29.6 Å². The van der Waals surface area contributed by atoms with Crippen LogP contribution in [0.1, 0.15) is 24.0 Å². The van der Waals surface area contributed by atoms with Crippen molar-refractivity contribution in [3.8, 4) is 0 Å². The van der Waals surface area contributed by atoms with Crippen molar-refractivity contribution in [3.05, 3.63) is 46.5 Å². The van der Waals surface area contributed by atoms with Crippen LogP contribution in [0.3, 0.4) is 0 Å². The second kappa shape index (κ2) is 6.22. The average Bonchev–Trinajstić information content (AvgIpc) is 2.99. The summed E-state index contributed by atoms with van der Waals surface area (Å²) in [7, 11) is 0. The van der Waals surface area contributed by atoms with Crippen LogP contribution in [0.25, 0.3) is 0 Å². The Morgan fingerprint density at radius 3 is 2.86 bits per heavy atom. The van der Waals surface area contributed by atoms with Crippen LogP contribution in [-0.4, -0.2) is 32.7 Å². The topological polar surface area (TPSA) is 64.2 Å². The lowest BCUT2D eigenvalue weighted by atomic mass is 9.96. The molecule has 21 heavy (non-hydrogen) atoms. The van der Waals surface area contributed by atoms with Gasteiger partial charge in [-0.2, -0.15) is 0 Å². The molecule has 0 unspecified atom stereocenters. The Hall–Kier alpha value is -1.95. The lowest BCUT2D eigenvalue weighted by Crippen LogP contribution is -2.36. The van der Waals surface area contributed by atoms with E-state index in [0.29, 0.717) is 11.5 Å². The summed E-state index contributed by atoms with van der Waals surface area (Å²) >= 11 is 0. The van der Waals surface area contributed by atoms with E-state index in [0.717, 1.165) is 44.6 Å². The van der Waals surface area contributed by atoms with Crippen molar-refractivity contribution in [3.63, 3.8) is 0 Å². The molecule has 112 valence electrons. The van der Waals surface area contributed by atoms with Crippen molar-refractivity contribution in [2.24, 2.45) is 5.92 Å². The van der Waals surface area contributed by atoms with Gasteiger partial charge in [-0.1, -0.05) is 5.16 Å². The Balaban J connectivity index is 1.54. The maximum Gasteiger partial charge on any atom is 0.256 e. The van der Waals surface area contributed by atoms with Crippen LogP contribution in [0.4, 0.5) is 0 Å². The highest BCUT2D eigenvalue weighted by Gasteiger charge is 2.20. The molecule has 0 saturated carbocycles. The molecule has 6 heteroatoms. The summed E-state index contributed by atoms with van der Waals surface area (Å²) in [5.41, 5.74) is 1.91. The number of rotatable bonds is 4. The molecule has 0 spiro atoms. The normalized spacial score (nSPS) is 17.2. The number of piperidine rings is 1. The van der Waals surface area contributed by atoms with Gasteiger partial charge in [0.05, 0.1) is 12.5 Å². The van der Waals surface area contributed by atoms with Crippen LogP contribution >= 0.6 is 0 Å². The van der Waals surface area contributed by atoms with Gasteiger partial charge in [-0.15, -0.1) is 0 Å². The SMILES string of the molecule is Cc1cncn(CC2CCN(Cc3cnoc3)CC2)c1=O. The highest BCUT2D eigenvalue weighted by molar-refractivity contribution is 5.01. The van der Waals surface area contributed by atoms with Crippen molar-refractivity contribution in [1.82, 2.24) is 19.6 Å². The van der Waals surface area contributed by atoms with Crippen molar-refractivity contribution in [2.45, 2.75) is 32.9 Å². The third-order valence-corrected chi connectivity index (χ3v) is 4.12. The Morgan fingerprint density at radius 2 is 2.14 bits per heavy atom. The molecular formula is C15H20N4O2. The quantitative estimate of drug-likeness (QED) is 0.852. The van der Waals surface area contributed by atoms with Crippen LogP contribution in [0.5, 0.6) is 0 Å². The monoisotopic (exact) mass is 288 g/mol. The zero-order valence-corrected chi connectivity index (χ0v) is 12.2. The maximum absolute atomic E-state index is 12.0. The molecule has 1 saturated heterocycles. The first-order chi connectivity index (χ1) is 10.2. The largest absolute Gasteiger partial charge is 0.364 e. The van der Waals surface area contributed by atoms with Gasteiger partial charge in [0.25, 0.3) is 5.56 Å². The van der Waals surface area contributed by atoms with E-state index in [1.807, 2.05) is 6.92 Å². The average molecular weight is 288 g/mol. The summed E-state index contributed by atoms with van der Waals surface area (Å²) in [4.78, 5) is 18.5. The van der Waals surface area contributed by atoms with Crippen LogP contribution in [0, 0.1) is 12.8 Å². The maximum atomic E-state index is 12.0. The zero-order chi connectivity index (χ0) is 14.7. The predicted octanol–water partition coefficient (Wildman–Crippen LogP) is 1.45. The molecule has 1 fully saturated rings. The van der Waals surface area contributed by atoms with Crippen LogP contribution in [0.2, 0.25) is 0 Å². The van der Waals surface area contributed by atoms with E-state index in [2.05, 4.69) is 15.0 Å². The number of aromatic nitrogens is 3. The number of hydrogen-bond acceptors (Lipinski definition) is 5. The molecule has 0 bridgehead atoms. The number of aryl methyl sites for hydroxylation is 1. The molecule has 0 atom stereocenters. The van der Waals surface area contributed by atoms with E-state index in [-0.39, 0.29) is 5.56 Å². The number of hydrogen-bond donors (Lipinski definition) is 0. The fraction of sp³-hybridized carbons (Fsp3) is 0.533. The van der Waals surface area contributed by atoms with Gasteiger partial charge in [0.1, 0.15) is 6.26 Å². The first kappa shape index (κ1) is 14.0. The molecule has 2 aromatic heterocycles. The van der Waals surface area contributed by atoms with E-state index < -0.39 is 0 Å². The Kier molecular flexibility index (Phi) is 4.15. The summed E-state index contributed by atoms with van der Waals surface area (Å²) in [6, 6.07) is 0. The summed E-state index contributed by atoms with van der Waals surface area (Å²) < 4.78 is 6.60. The highest BCUT2D eigenvalue weighted by atomic mass is 16.5. The van der Waals surface area contributed by atoms with Gasteiger partial charge < -0.3 is 4.52 Å². The van der Waals surface area contributed by atoms with Gasteiger partial charge >= 0.3 is 0 Å². The molecule has 0 radical (unpaired) electrons. The molecule has 2 aromatic rings. The van der Waals surface area contributed by atoms with E-state index in [9.17, 15) is 4.79 Å². The minimum Gasteiger partial charge on any atom is -0.364 e. The highest BCUT2D eigenvalue weighted by Crippen LogP contribution is 2.20. The standard InChI is InChI=1S/C15H20N4O2/c1-12-6-16-11-19(15(12)20)9-13-2-4-18(5-3-13)8-14-7-17-21-10-14/h6-7,10-11,13H,2-5,8-9H2,1H3. The number of nitrogens with zero attached hydrogens (tertiary/aromatic N) is 4. The molecule has 3 rings (SSSR count). The fourth-order valence-electron chi connectivity index (χ4n) is 2.86. The van der Waals surface area contributed by atoms with Crippen LogP contribution in [0.15, 0.2) is 34.3 Å². The van der Waals surface area contributed by atoms with Crippen molar-refractivity contribution in [2.75, 3.05) is 13.1 Å². The summed E-state index contributed by atoms with van der Waals surface area (Å²) in [5, 5.41) is 3.73. The third kappa shape index (κ3) is 3.39. The first-order valence-electron chi connectivity index (χ1n) is 7.34. The lowest BCUT2D eigenvalue weighted by Gasteiger charge is -2.31. The van der Waals surface area contributed by atoms with Gasteiger partial charge in [0, 0.05) is 30.4 Å². The summed E-state index contributed by atoms with van der Waals surface area (Å²) in [6.07, 6.45) is 8.95. The Bertz CT molecular complexity index is 627. The summed E-state index contributed by atoms with van der Waals surface area (Å²) in [5.74, 6) is 0.546. The first-order valence-corrected chi connectivity index (χ1v) is 7.34. The minimum atomic E-state index is 0.0805. The third-order valence-electron chi connectivity index (χ3n) is 4.12. The van der Waals surface area contributed by atoms with E-state index >= 15 is 0 Å². The molecule has 3 heterocycles. The van der Waals surface area contributed by atoms with E-state index in [1.165, 1.54) is 0 Å². The van der Waals surface area contributed by atoms with Crippen molar-refractivity contribution in [1.29, 1.82) is 0 Å². The van der Waals surface area contributed by atoms with Gasteiger partial charge in [0.2, 0.25) is 0 Å². The molecule has 0 amide bonds. The predicted molar refractivity (Wildman–Crippen MR) is 77.7 cm³/mol. The summed E-state index contributed by atoms with van der Waals surface area (Å²) in [6.45, 7) is 5.57. The van der Waals surface area contributed by atoms with Gasteiger partial charge in [0.15, 0.2) is 0 Å². The van der Waals surface area contributed by atoms with Crippen LogP contribution < -0.4 is 5.56 Å². The Morgan fingerprint density at radius 1 is 1.33 bits per heavy atom. The Labute approximate surface area is 123 Å².